The quantitative estimate of drug-likeness (QED) is 0.447. The van der Waals surface area contributed by atoms with Gasteiger partial charge >= 0.3 is 0 Å². The first-order valence-corrected chi connectivity index (χ1v) is 9.57. The van der Waals surface area contributed by atoms with Crippen molar-refractivity contribution in [2.75, 3.05) is 0 Å². The number of ketones is 1. The van der Waals surface area contributed by atoms with Gasteiger partial charge in [0.2, 0.25) is 5.79 Å². The van der Waals surface area contributed by atoms with Crippen molar-refractivity contribution in [2.45, 2.75) is 77.4 Å². The van der Waals surface area contributed by atoms with Gasteiger partial charge in [-0.15, -0.1) is 0 Å². The Labute approximate surface area is 143 Å². The Balaban J connectivity index is 1.60. The molecule has 0 aromatic carbocycles. The van der Waals surface area contributed by atoms with Crippen molar-refractivity contribution in [3.63, 3.8) is 0 Å². The SMILES string of the molecule is CC12CCC3C(CCC4CC(OO)(OO)CCC43C)C1CCC2=O. The van der Waals surface area contributed by atoms with Gasteiger partial charge in [0.05, 0.1) is 0 Å². The zero-order chi connectivity index (χ0) is 17.2. The molecule has 0 aliphatic heterocycles. The summed E-state index contributed by atoms with van der Waals surface area (Å²) in [5.41, 5.74) is 0.113. The summed E-state index contributed by atoms with van der Waals surface area (Å²) >= 11 is 0. The van der Waals surface area contributed by atoms with Gasteiger partial charge in [0.1, 0.15) is 5.78 Å². The molecule has 24 heavy (non-hydrogen) atoms. The van der Waals surface area contributed by atoms with Crippen LogP contribution in [0.4, 0.5) is 0 Å². The summed E-state index contributed by atoms with van der Waals surface area (Å²) in [5, 5.41) is 18.4. The van der Waals surface area contributed by atoms with Crippen LogP contribution in [0.25, 0.3) is 0 Å². The van der Waals surface area contributed by atoms with E-state index in [-0.39, 0.29) is 10.8 Å². The number of carbonyl (C=O) groups excluding carboxylic acids is 1. The van der Waals surface area contributed by atoms with E-state index in [0.717, 1.165) is 44.9 Å². The monoisotopic (exact) mass is 338 g/mol. The second-order valence-electron chi connectivity index (χ2n) is 9.37. The Kier molecular flexibility index (Phi) is 3.89. The van der Waals surface area contributed by atoms with Gasteiger partial charge in [0, 0.05) is 24.7 Å². The van der Waals surface area contributed by atoms with Crippen LogP contribution in [0.3, 0.4) is 0 Å². The van der Waals surface area contributed by atoms with E-state index in [1.54, 1.807) is 0 Å². The zero-order valence-electron chi connectivity index (χ0n) is 14.8. The molecule has 136 valence electrons. The minimum absolute atomic E-state index is 0.0782. The van der Waals surface area contributed by atoms with Gasteiger partial charge in [0.15, 0.2) is 0 Å². The van der Waals surface area contributed by atoms with Crippen molar-refractivity contribution in [3.8, 4) is 0 Å². The van der Waals surface area contributed by atoms with E-state index in [0.29, 0.717) is 42.3 Å². The van der Waals surface area contributed by atoms with Gasteiger partial charge in [-0.05, 0) is 67.6 Å². The largest absolute Gasteiger partial charge is 0.299 e. The van der Waals surface area contributed by atoms with Crippen LogP contribution in [0.5, 0.6) is 0 Å². The van der Waals surface area contributed by atoms with Crippen LogP contribution in [0.2, 0.25) is 0 Å². The molecule has 4 fully saturated rings. The third-order valence-electron chi connectivity index (χ3n) is 8.71. The molecule has 5 nitrogen and oxygen atoms in total. The Morgan fingerprint density at radius 1 is 0.958 bits per heavy atom. The molecule has 0 amide bonds. The molecule has 0 radical (unpaired) electrons. The van der Waals surface area contributed by atoms with Gasteiger partial charge < -0.3 is 0 Å². The summed E-state index contributed by atoms with van der Waals surface area (Å²) in [4.78, 5) is 21.5. The Morgan fingerprint density at radius 2 is 1.71 bits per heavy atom. The van der Waals surface area contributed by atoms with Crippen LogP contribution >= 0.6 is 0 Å². The lowest BCUT2D eigenvalue weighted by atomic mass is 9.45. The Bertz CT molecular complexity index is 530. The molecule has 4 saturated carbocycles. The lowest BCUT2D eigenvalue weighted by Gasteiger charge is -2.60. The molecule has 6 unspecified atom stereocenters. The predicted octanol–water partition coefficient (Wildman–Crippen LogP) is 4.27. The molecule has 0 saturated heterocycles. The maximum Gasteiger partial charge on any atom is 0.233 e. The second-order valence-corrected chi connectivity index (χ2v) is 9.37. The summed E-state index contributed by atoms with van der Waals surface area (Å²) < 4.78 is 0. The van der Waals surface area contributed by atoms with Crippen molar-refractivity contribution in [1.29, 1.82) is 0 Å². The Hall–Kier alpha value is -0.490. The third-order valence-corrected chi connectivity index (χ3v) is 8.71. The van der Waals surface area contributed by atoms with E-state index in [2.05, 4.69) is 23.6 Å². The topological polar surface area (TPSA) is 76.0 Å². The molecule has 4 aliphatic carbocycles. The molecule has 4 rings (SSSR count). The van der Waals surface area contributed by atoms with E-state index in [1.807, 2.05) is 0 Å². The zero-order valence-corrected chi connectivity index (χ0v) is 14.8. The van der Waals surface area contributed by atoms with E-state index < -0.39 is 5.79 Å². The fourth-order valence-corrected chi connectivity index (χ4v) is 7.15. The molecule has 0 bridgehead atoms. The first kappa shape index (κ1) is 17.0. The lowest BCUT2D eigenvalue weighted by Crippen LogP contribution is -2.56. The van der Waals surface area contributed by atoms with Crippen LogP contribution in [-0.2, 0) is 14.6 Å². The molecule has 0 heterocycles. The molecular formula is C19H30O5. The van der Waals surface area contributed by atoms with Crippen molar-refractivity contribution in [2.24, 2.45) is 34.5 Å². The van der Waals surface area contributed by atoms with Crippen LogP contribution in [0, 0.1) is 34.5 Å². The van der Waals surface area contributed by atoms with Crippen molar-refractivity contribution in [3.05, 3.63) is 0 Å². The van der Waals surface area contributed by atoms with E-state index in [1.165, 1.54) is 0 Å². The minimum atomic E-state index is -1.25. The van der Waals surface area contributed by atoms with E-state index in [9.17, 15) is 15.3 Å². The molecule has 2 N–H and O–H groups in total. The van der Waals surface area contributed by atoms with Crippen LogP contribution in [0.15, 0.2) is 0 Å². The summed E-state index contributed by atoms with van der Waals surface area (Å²) in [5.74, 6) is 1.46. The first-order chi connectivity index (χ1) is 11.4. The lowest BCUT2D eigenvalue weighted by molar-refractivity contribution is -0.499. The molecule has 6 atom stereocenters. The number of fused-ring (bicyclic) bond motifs is 5. The Morgan fingerprint density at radius 3 is 2.42 bits per heavy atom. The van der Waals surface area contributed by atoms with Gasteiger partial charge in [-0.25, -0.2) is 20.3 Å². The minimum Gasteiger partial charge on any atom is -0.299 e. The fraction of sp³-hybridized carbons (Fsp3) is 0.947. The average molecular weight is 338 g/mol. The summed E-state index contributed by atoms with van der Waals surface area (Å²) in [6.45, 7) is 4.59. The molecule has 0 aromatic heterocycles. The summed E-state index contributed by atoms with van der Waals surface area (Å²) in [6, 6.07) is 0. The summed E-state index contributed by atoms with van der Waals surface area (Å²) in [6.07, 6.45) is 8.14. The molecule has 4 aliphatic rings. The van der Waals surface area contributed by atoms with Gasteiger partial charge in [-0.2, -0.15) is 0 Å². The van der Waals surface area contributed by atoms with Crippen molar-refractivity contribution >= 4 is 5.78 Å². The number of hydrogen-bond acceptors (Lipinski definition) is 5. The third kappa shape index (κ3) is 2.11. The highest BCUT2D eigenvalue weighted by molar-refractivity contribution is 5.87. The second kappa shape index (κ2) is 5.50. The number of carbonyl (C=O) groups is 1. The van der Waals surface area contributed by atoms with Crippen LogP contribution in [0.1, 0.15) is 71.6 Å². The van der Waals surface area contributed by atoms with Crippen LogP contribution < -0.4 is 0 Å². The van der Waals surface area contributed by atoms with Crippen molar-refractivity contribution < 1.29 is 25.1 Å². The van der Waals surface area contributed by atoms with Crippen LogP contribution in [-0.4, -0.2) is 22.1 Å². The summed E-state index contributed by atoms with van der Waals surface area (Å²) in [7, 11) is 0. The fourth-order valence-electron chi connectivity index (χ4n) is 7.15. The molecular weight excluding hydrogens is 308 g/mol. The predicted molar refractivity (Wildman–Crippen MR) is 86.9 cm³/mol. The van der Waals surface area contributed by atoms with Gasteiger partial charge in [-0.3, -0.25) is 4.79 Å². The highest BCUT2D eigenvalue weighted by Crippen LogP contribution is 2.66. The van der Waals surface area contributed by atoms with Gasteiger partial charge in [-0.1, -0.05) is 13.8 Å². The van der Waals surface area contributed by atoms with E-state index in [4.69, 9.17) is 0 Å². The van der Waals surface area contributed by atoms with E-state index >= 15 is 0 Å². The molecule has 0 spiro atoms. The smallest absolute Gasteiger partial charge is 0.233 e. The standard InChI is InChI=1S/C19H30O5/c1-17-9-10-19(23-21,24-22)11-12(17)3-4-13-14-5-6-16(20)18(14,2)8-7-15(13)17/h12-15,21-22H,3-11H2,1-2H3. The average Bonchev–Trinajstić information content (AvgIpc) is 2.90. The maximum atomic E-state index is 12.4. The number of rotatable bonds is 2. The van der Waals surface area contributed by atoms with Crippen molar-refractivity contribution in [1.82, 2.24) is 0 Å². The molecule has 0 aromatic rings. The highest BCUT2D eigenvalue weighted by atomic mass is 17.2. The highest BCUT2D eigenvalue weighted by Gasteiger charge is 2.62. The maximum absolute atomic E-state index is 12.4. The molecule has 5 heteroatoms. The number of hydrogen-bond donors (Lipinski definition) is 2. The van der Waals surface area contributed by atoms with Gasteiger partial charge in [0.25, 0.3) is 0 Å². The first-order valence-electron chi connectivity index (χ1n) is 9.57. The normalized spacial score (nSPS) is 50.1. The number of Topliss-reactive ketones (excluding diaryl/α,β-unsaturated/α-hetero) is 1.